The van der Waals surface area contributed by atoms with Gasteiger partial charge in [-0.15, -0.1) is 0 Å². The van der Waals surface area contributed by atoms with Crippen molar-refractivity contribution in [2.75, 3.05) is 0 Å². The molecule has 0 radical (unpaired) electrons. The van der Waals surface area contributed by atoms with Crippen LogP contribution < -0.4 is 0 Å². The fourth-order valence-electron chi connectivity index (χ4n) is 6.00. The Kier molecular flexibility index (Phi) is 1.12. The van der Waals surface area contributed by atoms with Crippen LogP contribution in [0.1, 0.15) is 45.4 Å². The van der Waals surface area contributed by atoms with Crippen LogP contribution in [0, 0.1) is 35.0 Å². The quantitative estimate of drug-likeness (QED) is 0.496. The summed E-state index contributed by atoms with van der Waals surface area (Å²) in [5.74, 6) is 5.92. The van der Waals surface area contributed by atoms with Crippen LogP contribution in [0.3, 0.4) is 0 Å². The molecule has 0 amide bonds. The van der Waals surface area contributed by atoms with Gasteiger partial charge in [-0.3, -0.25) is 0 Å². The summed E-state index contributed by atoms with van der Waals surface area (Å²) in [7, 11) is 0. The molecule has 72 valence electrons. The Hall–Kier alpha value is 0. The molecule has 0 nitrogen and oxygen atoms in total. The van der Waals surface area contributed by atoms with Crippen molar-refractivity contribution in [3.63, 3.8) is 0 Å². The molecule has 13 heavy (non-hydrogen) atoms. The van der Waals surface area contributed by atoms with Crippen molar-refractivity contribution >= 4 is 0 Å². The van der Waals surface area contributed by atoms with Crippen molar-refractivity contribution in [3.8, 4) is 0 Å². The van der Waals surface area contributed by atoms with Gasteiger partial charge in [0.25, 0.3) is 0 Å². The van der Waals surface area contributed by atoms with Gasteiger partial charge >= 0.3 is 0 Å². The molecular formula is C13H20. The maximum atomic E-state index is 2.61. The summed E-state index contributed by atoms with van der Waals surface area (Å²) in [5.41, 5.74) is 0.815. The van der Waals surface area contributed by atoms with E-state index in [9.17, 15) is 0 Å². The molecule has 0 aromatic heterocycles. The van der Waals surface area contributed by atoms with Gasteiger partial charge in [0.05, 0.1) is 0 Å². The molecule has 0 aliphatic heterocycles. The lowest BCUT2D eigenvalue weighted by atomic mass is 9.65. The second-order valence-electron chi connectivity index (χ2n) is 6.59. The largest absolute Gasteiger partial charge is 0.0593 e. The highest BCUT2D eigenvalue weighted by Crippen LogP contribution is 2.72. The van der Waals surface area contributed by atoms with Crippen LogP contribution in [0.5, 0.6) is 0 Å². The molecule has 6 unspecified atom stereocenters. The van der Waals surface area contributed by atoms with Crippen LogP contribution >= 0.6 is 0 Å². The first kappa shape index (κ1) is 7.31. The summed E-state index contributed by atoms with van der Waals surface area (Å²) in [6.07, 6.45) is 9.58. The molecule has 0 saturated heterocycles. The molecule has 0 heteroatoms. The Morgan fingerprint density at radius 2 is 1.85 bits per heavy atom. The third-order valence-electron chi connectivity index (χ3n) is 6.14. The normalized spacial score (nSPS) is 67.6. The zero-order chi connectivity index (χ0) is 8.63. The fraction of sp³-hybridized carbons (Fsp3) is 1.00. The molecule has 4 rings (SSSR count). The van der Waals surface area contributed by atoms with E-state index in [-0.39, 0.29) is 0 Å². The first-order chi connectivity index (χ1) is 6.28. The average molecular weight is 176 g/mol. The summed E-state index contributed by atoms with van der Waals surface area (Å²) in [5, 5.41) is 0. The van der Waals surface area contributed by atoms with E-state index in [1.165, 1.54) is 29.6 Å². The second-order valence-corrected chi connectivity index (χ2v) is 6.59. The predicted octanol–water partition coefficient (Wildman–Crippen LogP) is 3.47. The van der Waals surface area contributed by atoms with Crippen LogP contribution in [-0.2, 0) is 0 Å². The zero-order valence-corrected chi connectivity index (χ0v) is 8.63. The molecule has 0 N–H and O–H groups in total. The Morgan fingerprint density at radius 3 is 2.69 bits per heavy atom. The van der Waals surface area contributed by atoms with Crippen molar-refractivity contribution in [1.29, 1.82) is 0 Å². The molecule has 0 aromatic carbocycles. The molecule has 0 aromatic rings. The van der Waals surface area contributed by atoms with Gasteiger partial charge in [0.1, 0.15) is 0 Å². The van der Waals surface area contributed by atoms with Crippen LogP contribution in [0.2, 0.25) is 0 Å². The van der Waals surface area contributed by atoms with E-state index in [0.29, 0.717) is 0 Å². The number of rotatable bonds is 0. The van der Waals surface area contributed by atoms with Crippen molar-refractivity contribution in [3.05, 3.63) is 0 Å². The van der Waals surface area contributed by atoms with Gasteiger partial charge in [-0.25, -0.2) is 0 Å². The van der Waals surface area contributed by atoms with Crippen LogP contribution in [-0.4, -0.2) is 0 Å². The van der Waals surface area contributed by atoms with Gasteiger partial charge < -0.3 is 0 Å². The molecular weight excluding hydrogens is 156 g/mol. The zero-order valence-electron chi connectivity index (χ0n) is 8.63. The van der Waals surface area contributed by atoms with Crippen LogP contribution in [0.4, 0.5) is 0 Å². The fourth-order valence-corrected chi connectivity index (χ4v) is 6.00. The second kappa shape index (κ2) is 1.99. The Bertz CT molecular complexity index is 257. The van der Waals surface area contributed by atoms with E-state index < -0.39 is 0 Å². The minimum Gasteiger partial charge on any atom is -0.0593 e. The van der Waals surface area contributed by atoms with Gasteiger partial charge in [-0.1, -0.05) is 6.92 Å². The predicted molar refractivity (Wildman–Crippen MR) is 53.3 cm³/mol. The lowest BCUT2D eigenvalue weighted by Gasteiger charge is -2.40. The van der Waals surface area contributed by atoms with Crippen LogP contribution in [0.25, 0.3) is 0 Å². The van der Waals surface area contributed by atoms with Crippen molar-refractivity contribution in [2.45, 2.75) is 45.4 Å². The Balaban J connectivity index is 1.81. The molecule has 4 saturated carbocycles. The lowest BCUT2D eigenvalue weighted by Crippen LogP contribution is -2.33. The molecule has 0 spiro atoms. The van der Waals surface area contributed by atoms with Gasteiger partial charge in [0, 0.05) is 0 Å². The third kappa shape index (κ3) is 0.680. The van der Waals surface area contributed by atoms with E-state index in [4.69, 9.17) is 0 Å². The van der Waals surface area contributed by atoms with E-state index in [1.807, 2.05) is 0 Å². The van der Waals surface area contributed by atoms with E-state index in [0.717, 1.165) is 5.41 Å². The summed E-state index contributed by atoms with van der Waals surface area (Å²) >= 11 is 0. The molecule has 4 aliphatic carbocycles. The first-order valence-corrected chi connectivity index (χ1v) is 6.28. The van der Waals surface area contributed by atoms with Gasteiger partial charge in [0.2, 0.25) is 0 Å². The van der Waals surface area contributed by atoms with Gasteiger partial charge in [0.15, 0.2) is 0 Å². The van der Waals surface area contributed by atoms with Crippen molar-refractivity contribution < 1.29 is 0 Å². The molecule has 4 fully saturated rings. The van der Waals surface area contributed by atoms with Crippen LogP contribution in [0.15, 0.2) is 0 Å². The summed E-state index contributed by atoms with van der Waals surface area (Å²) in [6.45, 7) is 2.61. The minimum absolute atomic E-state index is 0.815. The average Bonchev–Trinajstić information content (AvgIpc) is 2.76. The maximum Gasteiger partial charge on any atom is -0.0289 e. The van der Waals surface area contributed by atoms with Crippen molar-refractivity contribution in [1.82, 2.24) is 0 Å². The number of hydrogen-bond acceptors (Lipinski definition) is 0. The van der Waals surface area contributed by atoms with E-state index >= 15 is 0 Å². The maximum absolute atomic E-state index is 2.61. The molecule has 4 aliphatic rings. The summed E-state index contributed by atoms with van der Waals surface area (Å²) < 4.78 is 0. The van der Waals surface area contributed by atoms with E-state index in [2.05, 4.69) is 6.92 Å². The first-order valence-electron chi connectivity index (χ1n) is 6.28. The van der Waals surface area contributed by atoms with Gasteiger partial charge in [-0.2, -0.15) is 0 Å². The highest BCUT2D eigenvalue weighted by atomic mass is 14.7. The topological polar surface area (TPSA) is 0 Å². The summed E-state index contributed by atoms with van der Waals surface area (Å²) in [4.78, 5) is 0. The Labute approximate surface area is 81.1 Å². The number of hydrogen-bond donors (Lipinski definition) is 0. The summed E-state index contributed by atoms with van der Waals surface area (Å²) in [6, 6.07) is 0. The monoisotopic (exact) mass is 176 g/mol. The third-order valence-corrected chi connectivity index (χ3v) is 6.14. The highest BCUT2D eigenvalue weighted by Gasteiger charge is 2.64. The molecule has 4 bridgehead atoms. The van der Waals surface area contributed by atoms with Gasteiger partial charge in [-0.05, 0) is 73.5 Å². The Morgan fingerprint density at radius 1 is 1.00 bits per heavy atom. The molecule has 0 heterocycles. The lowest BCUT2D eigenvalue weighted by molar-refractivity contribution is 0.0896. The standard InChI is InChI=1S/C13H20/c1-13-5-4-10(7-13)11-8-2-3-9(6-8)12(11)13/h8-12H,2-7H2,1H3. The SMILES string of the molecule is CC12CCC(C1)C1C3CCC(C3)C12. The molecule has 6 atom stereocenters. The highest BCUT2D eigenvalue weighted by molar-refractivity contribution is 5.13. The smallest absolute Gasteiger partial charge is 0.0289 e. The van der Waals surface area contributed by atoms with E-state index in [1.54, 1.807) is 38.5 Å². The number of fused-ring (bicyclic) bond motifs is 9. The van der Waals surface area contributed by atoms with Crippen molar-refractivity contribution in [2.24, 2.45) is 35.0 Å². The minimum atomic E-state index is 0.815.